The van der Waals surface area contributed by atoms with Crippen LogP contribution in [0.5, 0.6) is 0 Å². The highest BCUT2D eigenvalue weighted by Gasteiger charge is 2.22. The molecule has 3 heterocycles. The van der Waals surface area contributed by atoms with E-state index in [0.29, 0.717) is 31.5 Å². The Balaban J connectivity index is 1.44. The Hall–Kier alpha value is -3.16. The molecule has 140 valence electrons. The summed E-state index contributed by atoms with van der Waals surface area (Å²) in [5.74, 6) is 0.300. The molecule has 27 heavy (non-hydrogen) atoms. The molecule has 1 atom stereocenters. The van der Waals surface area contributed by atoms with E-state index in [4.69, 9.17) is 0 Å². The smallest absolute Gasteiger partial charge is 0.346 e. The number of rotatable bonds is 4. The zero-order valence-electron chi connectivity index (χ0n) is 14.7. The van der Waals surface area contributed by atoms with Crippen LogP contribution >= 0.6 is 0 Å². The van der Waals surface area contributed by atoms with Crippen LogP contribution in [0.1, 0.15) is 34.6 Å². The van der Waals surface area contributed by atoms with Gasteiger partial charge in [-0.25, -0.2) is 13.9 Å². The molecular formula is C19H20FN5O2. The van der Waals surface area contributed by atoms with Crippen LogP contribution in [-0.4, -0.2) is 31.3 Å². The van der Waals surface area contributed by atoms with Gasteiger partial charge in [-0.1, -0.05) is 12.1 Å². The van der Waals surface area contributed by atoms with Crippen LogP contribution in [0.2, 0.25) is 0 Å². The van der Waals surface area contributed by atoms with Gasteiger partial charge < -0.3 is 10.3 Å². The number of fused-ring (bicyclic) bond motifs is 1. The first kappa shape index (κ1) is 17.3. The number of H-pyrrole nitrogens is 1. The number of nitrogens with one attached hydrogen (secondary N) is 2. The van der Waals surface area contributed by atoms with Crippen LogP contribution in [0.15, 0.2) is 47.5 Å². The second kappa shape index (κ2) is 7.22. The molecule has 0 bridgehead atoms. The van der Waals surface area contributed by atoms with Crippen LogP contribution < -0.4 is 11.0 Å². The summed E-state index contributed by atoms with van der Waals surface area (Å²) in [4.78, 5) is 27.7. The van der Waals surface area contributed by atoms with Crippen molar-refractivity contribution in [2.45, 2.75) is 38.4 Å². The standard InChI is InChI=1S/C19H20FN5O2/c20-15-3-1-13(2-4-15)12-25-19(27)24-10-8-16(5-6-17(24)23-25)22-18(26)14-7-9-21-11-14/h1-4,7,9,11,16,21H,5-6,8,10,12H2,(H,22,26). The fourth-order valence-corrected chi connectivity index (χ4v) is 3.37. The molecule has 0 saturated carbocycles. The summed E-state index contributed by atoms with van der Waals surface area (Å²) in [7, 11) is 0. The number of hydrogen-bond acceptors (Lipinski definition) is 3. The summed E-state index contributed by atoms with van der Waals surface area (Å²) in [6.45, 7) is 0.822. The first-order chi connectivity index (χ1) is 13.1. The second-order valence-electron chi connectivity index (χ2n) is 6.73. The Labute approximate surface area is 154 Å². The molecule has 8 heteroatoms. The van der Waals surface area contributed by atoms with E-state index in [2.05, 4.69) is 15.4 Å². The molecule has 0 saturated heterocycles. The zero-order valence-corrected chi connectivity index (χ0v) is 14.7. The summed E-state index contributed by atoms with van der Waals surface area (Å²) < 4.78 is 16.1. The lowest BCUT2D eigenvalue weighted by Crippen LogP contribution is -2.35. The van der Waals surface area contributed by atoms with Crippen LogP contribution in [0.4, 0.5) is 4.39 Å². The van der Waals surface area contributed by atoms with Crippen molar-refractivity contribution in [2.24, 2.45) is 0 Å². The first-order valence-electron chi connectivity index (χ1n) is 8.95. The second-order valence-corrected chi connectivity index (χ2v) is 6.73. The van der Waals surface area contributed by atoms with E-state index in [1.807, 2.05) is 0 Å². The van der Waals surface area contributed by atoms with Gasteiger partial charge in [0.2, 0.25) is 0 Å². The van der Waals surface area contributed by atoms with E-state index >= 15 is 0 Å². The molecule has 0 spiro atoms. The predicted octanol–water partition coefficient (Wildman–Crippen LogP) is 1.70. The summed E-state index contributed by atoms with van der Waals surface area (Å²) in [5, 5.41) is 7.47. The third kappa shape index (κ3) is 3.69. The number of benzene rings is 1. The molecule has 1 aliphatic rings. The molecule has 0 fully saturated rings. The van der Waals surface area contributed by atoms with Gasteiger partial charge in [0.05, 0.1) is 12.1 Å². The van der Waals surface area contributed by atoms with Gasteiger partial charge in [0.25, 0.3) is 5.91 Å². The maximum Gasteiger partial charge on any atom is 0.346 e. The van der Waals surface area contributed by atoms with Gasteiger partial charge in [-0.2, -0.15) is 5.10 Å². The van der Waals surface area contributed by atoms with Crippen molar-refractivity contribution in [3.8, 4) is 0 Å². The Kier molecular flexibility index (Phi) is 4.62. The fraction of sp³-hybridized carbons (Fsp3) is 0.316. The van der Waals surface area contributed by atoms with E-state index in [1.165, 1.54) is 16.8 Å². The number of carbonyl (C=O) groups is 1. The van der Waals surface area contributed by atoms with Crippen LogP contribution in [0.3, 0.4) is 0 Å². The minimum atomic E-state index is -0.306. The number of aryl methyl sites for hydroxylation is 1. The summed E-state index contributed by atoms with van der Waals surface area (Å²) in [6, 6.07) is 7.78. The van der Waals surface area contributed by atoms with E-state index in [0.717, 1.165) is 17.8 Å². The number of nitrogens with zero attached hydrogens (tertiary/aromatic N) is 3. The molecule has 2 aromatic heterocycles. The minimum Gasteiger partial charge on any atom is -0.367 e. The monoisotopic (exact) mass is 369 g/mol. The third-order valence-electron chi connectivity index (χ3n) is 4.86. The Morgan fingerprint density at radius 2 is 2.07 bits per heavy atom. The summed E-state index contributed by atoms with van der Waals surface area (Å²) in [5.41, 5.74) is 1.24. The molecule has 2 N–H and O–H groups in total. The lowest BCUT2D eigenvalue weighted by Gasteiger charge is -2.15. The maximum atomic E-state index is 13.0. The van der Waals surface area contributed by atoms with E-state index in [9.17, 15) is 14.0 Å². The highest BCUT2D eigenvalue weighted by molar-refractivity contribution is 5.94. The van der Waals surface area contributed by atoms with Crippen molar-refractivity contribution in [3.63, 3.8) is 0 Å². The Bertz CT molecular complexity index is 988. The molecule has 1 unspecified atom stereocenters. The van der Waals surface area contributed by atoms with Gasteiger partial charge in [0.15, 0.2) is 0 Å². The van der Waals surface area contributed by atoms with Crippen LogP contribution in [0.25, 0.3) is 0 Å². The van der Waals surface area contributed by atoms with Gasteiger partial charge >= 0.3 is 5.69 Å². The first-order valence-corrected chi connectivity index (χ1v) is 8.95. The summed E-state index contributed by atoms with van der Waals surface area (Å²) in [6.07, 6.45) is 5.38. The Morgan fingerprint density at radius 3 is 2.81 bits per heavy atom. The van der Waals surface area contributed by atoms with Gasteiger partial charge in [-0.3, -0.25) is 9.36 Å². The largest absolute Gasteiger partial charge is 0.367 e. The number of carbonyl (C=O) groups excluding carboxylic acids is 1. The number of halogens is 1. The molecule has 0 radical (unpaired) electrons. The topological polar surface area (TPSA) is 84.7 Å². The average Bonchev–Trinajstić information content (AvgIpc) is 3.24. The molecule has 3 aromatic rings. The SMILES string of the molecule is O=C(NC1CCc2nn(Cc3ccc(F)cc3)c(=O)n2CC1)c1cc[nH]c1. The maximum absolute atomic E-state index is 13.0. The highest BCUT2D eigenvalue weighted by atomic mass is 19.1. The van der Waals surface area contributed by atoms with Crippen molar-refractivity contribution < 1.29 is 9.18 Å². The predicted molar refractivity (Wildman–Crippen MR) is 97.0 cm³/mol. The fourth-order valence-electron chi connectivity index (χ4n) is 3.37. The van der Waals surface area contributed by atoms with E-state index in [-0.39, 0.29) is 23.5 Å². The van der Waals surface area contributed by atoms with Crippen molar-refractivity contribution in [1.29, 1.82) is 0 Å². The third-order valence-corrected chi connectivity index (χ3v) is 4.86. The number of amides is 1. The molecule has 1 aromatic carbocycles. The number of aromatic amines is 1. The van der Waals surface area contributed by atoms with E-state index in [1.54, 1.807) is 35.2 Å². The van der Waals surface area contributed by atoms with Crippen molar-refractivity contribution in [1.82, 2.24) is 24.6 Å². The van der Waals surface area contributed by atoms with Gasteiger partial charge in [0, 0.05) is 31.4 Å². The lowest BCUT2D eigenvalue weighted by atomic mass is 10.1. The number of aromatic nitrogens is 4. The Morgan fingerprint density at radius 1 is 1.26 bits per heavy atom. The molecule has 1 amide bonds. The molecular weight excluding hydrogens is 349 g/mol. The van der Waals surface area contributed by atoms with Gasteiger partial charge in [-0.15, -0.1) is 0 Å². The van der Waals surface area contributed by atoms with Crippen molar-refractivity contribution >= 4 is 5.91 Å². The minimum absolute atomic E-state index is 0.000881. The zero-order chi connectivity index (χ0) is 18.8. The van der Waals surface area contributed by atoms with Crippen molar-refractivity contribution in [3.05, 3.63) is 76.0 Å². The average molecular weight is 369 g/mol. The molecule has 0 aliphatic carbocycles. The highest BCUT2D eigenvalue weighted by Crippen LogP contribution is 2.13. The van der Waals surface area contributed by atoms with E-state index < -0.39 is 0 Å². The normalized spacial score (nSPS) is 16.6. The number of hydrogen-bond donors (Lipinski definition) is 2. The molecule has 1 aliphatic heterocycles. The van der Waals surface area contributed by atoms with Crippen molar-refractivity contribution in [2.75, 3.05) is 0 Å². The van der Waals surface area contributed by atoms with Gasteiger partial charge in [0.1, 0.15) is 11.6 Å². The molecule has 4 rings (SSSR count). The lowest BCUT2D eigenvalue weighted by molar-refractivity contribution is 0.0933. The molecule has 7 nitrogen and oxygen atoms in total. The quantitative estimate of drug-likeness (QED) is 0.734. The van der Waals surface area contributed by atoms with Crippen LogP contribution in [-0.2, 0) is 19.5 Å². The van der Waals surface area contributed by atoms with Crippen LogP contribution in [0, 0.1) is 5.82 Å². The van der Waals surface area contributed by atoms with Gasteiger partial charge in [-0.05, 0) is 36.6 Å². The summed E-state index contributed by atoms with van der Waals surface area (Å²) >= 11 is 0.